The van der Waals surface area contributed by atoms with Crippen molar-refractivity contribution >= 4 is 39.1 Å². The number of amides is 1. The lowest BCUT2D eigenvalue weighted by Gasteiger charge is -2.22. The number of hydrogen-bond acceptors (Lipinski definition) is 2. The van der Waals surface area contributed by atoms with E-state index >= 15 is 0 Å². The van der Waals surface area contributed by atoms with Crippen molar-refractivity contribution in [3.05, 3.63) is 27.4 Å². The second kappa shape index (κ2) is 5.33. The van der Waals surface area contributed by atoms with Gasteiger partial charge in [0.05, 0.1) is 16.2 Å². The zero-order valence-electron chi connectivity index (χ0n) is 9.48. The van der Waals surface area contributed by atoms with Gasteiger partial charge in [-0.1, -0.05) is 18.5 Å². The molecule has 3 nitrogen and oxygen atoms in total. The first-order valence-electron chi connectivity index (χ1n) is 5.03. The van der Waals surface area contributed by atoms with Gasteiger partial charge in [-0.25, -0.2) is 4.39 Å². The topological polar surface area (TPSA) is 55.1 Å². The quantitative estimate of drug-likeness (QED) is 0.896. The largest absolute Gasteiger partial charge is 0.322 e. The minimum Gasteiger partial charge on any atom is -0.322 e. The van der Waals surface area contributed by atoms with Crippen molar-refractivity contribution < 1.29 is 9.18 Å². The maximum atomic E-state index is 13.0. The number of carbonyl (C=O) groups excluding carboxylic acids is 1. The molecule has 1 amide bonds. The van der Waals surface area contributed by atoms with Crippen LogP contribution in [0.4, 0.5) is 10.1 Å². The highest BCUT2D eigenvalue weighted by molar-refractivity contribution is 9.10. The number of carbonyl (C=O) groups is 1. The van der Waals surface area contributed by atoms with E-state index in [1.54, 1.807) is 13.8 Å². The lowest BCUT2D eigenvalue weighted by atomic mass is 9.99. The van der Waals surface area contributed by atoms with Crippen LogP contribution in [0, 0.1) is 5.82 Å². The van der Waals surface area contributed by atoms with E-state index < -0.39 is 11.4 Å². The van der Waals surface area contributed by atoms with E-state index in [9.17, 15) is 9.18 Å². The first-order valence-corrected chi connectivity index (χ1v) is 6.20. The zero-order valence-corrected chi connectivity index (χ0v) is 11.8. The first kappa shape index (κ1) is 14.4. The normalized spacial score (nSPS) is 14.2. The van der Waals surface area contributed by atoms with Crippen molar-refractivity contribution in [2.75, 3.05) is 5.32 Å². The van der Waals surface area contributed by atoms with Crippen LogP contribution in [0.15, 0.2) is 16.6 Å². The summed E-state index contributed by atoms with van der Waals surface area (Å²) in [6, 6.07) is 2.35. The predicted octanol–water partition coefficient (Wildman–Crippen LogP) is 3.31. The summed E-state index contributed by atoms with van der Waals surface area (Å²) in [5.74, 6) is -0.847. The molecule has 0 heterocycles. The summed E-state index contributed by atoms with van der Waals surface area (Å²) in [6.07, 6.45) is 0.481. The molecular weight excluding hydrogens is 310 g/mol. The van der Waals surface area contributed by atoms with E-state index in [4.69, 9.17) is 17.3 Å². The van der Waals surface area contributed by atoms with Crippen molar-refractivity contribution in [2.45, 2.75) is 25.8 Å². The van der Waals surface area contributed by atoms with Crippen molar-refractivity contribution in [2.24, 2.45) is 5.73 Å². The van der Waals surface area contributed by atoms with Crippen LogP contribution in [0.3, 0.4) is 0 Å². The number of hydrogen-bond donors (Lipinski definition) is 2. The summed E-state index contributed by atoms with van der Waals surface area (Å²) in [4.78, 5) is 11.8. The molecule has 0 saturated heterocycles. The Labute approximate surface area is 113 Å². The monoisotopic (exact) mass is 322 g/mol. The van der Waals surface area contributed by atoms with Gasteiger partial charge in [-0.2, -0.15) is 0 Å². The highest BCUT2D eigenvalue weighted by Crippen LogP contribution is 2.32. The van der Waals surface area contributed by atoms with Crippen LogP contribution >= 0.6 is 27.5 Å². The lowest BCUT2D eigenvalue weighted by Crippen LogP contribution is -2.47. The summed E-state index contributed by atoms with van der Waals surface area (Å²) in [7, 11) is 0. The third-order valence-electron chi connectivity index (χ3n) is 2.50. The summed E-state index contributed by atoms with van der Waals surface area (Å²) in [5, 5.41) is 2.71. The van der Waals surface area contributed by atoms with Crippen LogP contribution in [-0.2, 0) is 4.79 Å². The van der Waals surface area contributed by atoms with Gasteiger partial charge in [-0.3, -0.25) is 4.79 Å². The summed E-state index contributed by atoms with van der Waals surface area (Å²) in [6.45, 7) is 3.43. The Morgan fingerprint density at radius 3 is 2.71 bits per heavy atom. The second-order valence-corrected chi connectivity index (χ2v) is 5.23. The van der Waals surface area contributed by atoms with Crippen LogP contribution in [0.5, 0.6) is 0 Å². The Morgan fingerprint density at radius 1 is 1.65 bits per heavy atom. The van der Waals surface area contributed by atoms with Gasteiger partial charge >= 0.3 is 0 Å². The third kappa shape index (κ3) is 3.40. The Morgan fingerprint density at radius 2 is 2.24 bits per heavy atom. The molecular formula is C11H13BrClFN2O. The average molecular weight is 324 g/mol. The van der Waals surface area contributed by atoms with Gasteiger partial charge in [-0.05, 0) is 41.4 Å². The van der Waals surface area contributed by atoms with Gasteiger partial charge in [0, 0.05) is 4.47 Å². The molecule has 1 atom stereocenters. The molecule has 0 fully saturated rings. The summed E-state index contributed by atoms with van der Waals surface area (Å²) < 4.78 is 13.4. The Balaban J connectivity index is 3.01. The molecule has 17 heavy (non-hydrogen) atoms. The Hall–Kier alpha value is -0.650. The molecule has 0 aliphatic heterocycles. The number of anilines is 1. The maximum absolute atomic E-state index is 13.0. The fraction of sp³-hybridized carbons (Fsp3) is 0.364. The highest BCUT2D eigenvalue weighted by atomic mass is 79.9. The molecule has 0 spiro atoms. The van der Waals surface area contributed by atoms with E-state index in [0.29, 0.717) is 16.6 Å². The van der Waals surface area contributed by atoms with Gasteiger partial charge < -0.3 is 11.1 Å². The van der Waals surface area contributed by atoms with E-state index in [2.05, 4.69) is 21.2 Å². The Kier molecular flexibility index (Phi) is 4.52. The molecule has 0 radical (unpaired) electrons. The summed E-state index contributed by atoms with van der Waals surface area (Å²) in [5.41, 5.74) is 5.13. The zero-order chi connectivity index (χ0) is 13.2. The number of nitrogens with one attached hydrogen (secondary N) is 1. The minimum absolute atomic E-state index is 0.122. The van der Waals surface area contributed by atoms with Crippen LogP contribution in [0.25, 0.3) is 0 Å². The minimum atomic E-state index is -0.989. The van der Waals surface area contributed by atoms with E-state index in [0.717, 1.165) is 6.07 Å². The molecule has 1 rings (SSSR count). The molecule has 1 aromatic rings. The van der Waals surface area contributed by atoms with E-state index in [1.807, 2.05) is 0 Å². The number of rotatable bonds is 3. The highest BCUT2D eigenvalue weighted by Gasteiger charge is 2.27. The van der Waals surface area contributed by atoms with Crippen molar-refractivity contribution in [3.63, 3.8) is 0 Å². The molecule has 0 aliphatic carbocycles. The second-order valence-electron chi connectivity index (χ2n) is 3.97. The SMILES string of the molecule is CCC(C)(N)C(=O)Nc1c(Cl)cc(F)cc1Br. The van der Waals surface area contributed by atoms with Gasteiger partial charge in [0.15, 0.2) is 0 Å². The van der Waals surface area contributed by atoms with E-state index in [1.165, 1.54) is 6.07 Å². The van der Waals surface area contributed by atoms with Crippen molar-refractivity contribution in [1.29, 1.82) is 0 Å². The molecule has 1 aromatic carbocycles. The smallest absolute Gasteiger partial charge is 0.244 e. The first-order chi connectivity index (χ1) is 7.77. The maximum Gasteiger partial charge on any atom is 0.244 e. The van der Waals surface area contributed by atoms with Gasteiger partial charge in [0.1, 0.15) is 5.82 Å². The number of halogens is 3. The standard InChI is InChI=1S/C11H13BrClFN2O/c1-3-11(2,15)10(17)16-9-7(12)4-6(14)5-8(9)13/h4-5H,3,15H2,1-2H3,(H,16,17). The van der Waals surface area contributed by atoms with Crippen LogP contribution in [-0.4, -0.2) is 11.4 Å². The number of nitrogens with two attached hydrogens (primary N) is 1. The van der Waals surface area contributed by atoms with Gasteiger partial charge in [-0.15, -0.1) is 0 Å². The van der Waals surface area contributed by atoms with Crippen molar-refractivity contribution in [3.8, 4) is 0 Å². The molecule has 0 aromatic heterocycles. The fourth-order valence-corrected chi connectivity index (χ4v) is 1.98. The molecule has 6 heteroatoms. The third-order valence-corrected chi connectivity index (χ3v) is 3.42. The van der Waals surface area contributed by atoms with E-state index in [-0.39, 0.29) is 10.9 Å². The van der Waals surface area contributed by atoms with Crippen LogP contribution in [0.2, 0.25) is 5.02 Å². The Bertz CT molecular complexity index is 428. The fourth-order valence-electron chi connectivity index (χ4n) is 1.08. The number of benzene rings is 1. The van der Waals surface area contributed by atoms with Crippen LogP contribution in [0.1, 0.15) is 20.3 Å². The van der Waals surface area contributed by atoms with Crippen LogP contribution < -0.4 is 11.1 Å². The predicted molar refractivity (Wildman–Crippen MR) is 70.6 cm³/mol. The average Bonchev–Trinajstić information content (AvgIpc) is 2.22. The summed E-state index contributed by atoms with van der Waals surface area (Å²) >= 11 is 8.98. The molecule has 3 N–H and O–H groups in total. The molecule has 1 unspecified atom stereocenters. The van der Waals surface area contributed by atoms with Crippen molar-refractivity contribution in [1.82, 2.24) is 0 Å². The lowest BCUT2D eigenvalue weighted by molar-refractivity contribution is -0.120. The van der Waals surface area contributed by atoms with Gasteiger partial charge in [0.25, 0.3) is 0 Å². The molecule has 0 bridgehead atoms. The van der Waals surface area contributed by atoms with Gasteiger partial charge in [0.2, 0.25) is 5.91 Å². The molecule has 94 valence electrons. The molecule has 0 saturated carbocycles. The molecule has 0 aliphatic rings.